The highest BCUT2D eigenvalue weighted by atomic mass is 16.5. The zero-order valence-corrected chi connectivity index (χ0v) is 20.8. The van der Waals surface area contributed by atoms with Crippen molar-refractivity contribution >= 4 is 11.8 Å². The van der Waals surface area contributed by atoms with Crippen LogP contribution >= 0.6 is 0 Å². The highest BCUT2D eigenvalue weighted by Crippen LogP contribution is 2.29. The maximum Gasteiger partial charge on any atom is 0.242 e. The monoisotopic (exact) mass is 454 g/mol. The van der Waals surface area contributed by atoms with Gasteiger partial charge in [0.15, 0.2) is 11.5 Å². The highest BCUT2D eigenvalue weighted by Gasteiger charge is 2.26. The van der Waals surface area contributed by atoms with E-state index >= 15 is 0 Å². The summed E-state index contributed by atoms with van der Waals surface area (Å²) >= 11 is 0. The number of nitrogens with one attached hydrogen (secondary N) is 1. The van der Waals surface area contributed by atoms with Crippen LogP contribution in [0.25, 0.3) is 0 Å². The van der Waals surface area contributed by atoms with E-state index in [0.717, 1.165) is 16.7 Å². The molecule has 0 radical (unpaired) electrons. The molecule has 0 unspecified atom stereocenters. The van der Waals surface area contributed by atoms with Gasteiger partial charge in [-0.05, 0) is 76.8 Å². The lowest BCUT2D eigenvalue weighted by Crippen LogP contribution is -2.49. The molecule has 0 aromatic heterocycles. The maximum atomic E-state index is 13.3. The predicted molar refractivity (Wildman–Crippen MR) is 132 cm³/mol. The van der Waals surface area contributed by atoms with E-state index in [1.165, 1.54) is 0 Å². The van der Waals surface area contributed by atoms with Gasteiger partial charge in [0, 0.05) is 19.0 Å². The first-order valence-corrected chi connectivity index (χ1v) is 11.8. The molecule has 0 saturated heterocycles. The first kappa shape index (κ1) is 26.2. The van der Waals surface area contributed by atoms with Crippen LogP contribution in [0.5, 0.6) is 11.5 Å². The van der Waals surface area contributed by atoms with Gasteiger partial charge in [-0.3, -0.25) is 9.59 Å². The number of hydrogen-bond donors (Lipinski definition) is 1. The summed E-state index contributed by atoms with van der Waals surface area (Å²) in [4.78, 5) is 27.7. The average Bonchev–Trinajstić information content (AvgIpc) is 2.78. The third kappa shape index (κ3) is 7.81. The SMILES string of the molecule is CCOc1ccc(CCC(=O)N(Cc2ccccc2C)[C@H](C)C(=O)NC(C)C)cc1OCC. The van der Waals surface area contributed by atoms with Crippen molar-refractivity contribution < 1.29 is 19.1 Å². The lowest BCUT2D eigenvalue weighted by atomic mass is 10.0. The summed E-state index contributed by atoms with van der Waals surface area (Å²) in [5, 5.41) is 2.93. The summed E-state index contributed by atoms with van der Waals surface area (Å²) in [6.45, 7) is 13.0. The number of nitrogens with zero attached hydrogens (tertiary/aromatic N) is 1. The lowest BCUT2D eigenvalue weighted by molar-refractivity contribution is -0.140. The summed E-state index contributed by atoms with van der Waals surface area (Å²) in [7, 11) is 0. The van der Waals surface area contributed by atoms with E-state index < -0.39 is 6.04 Å². The molecule has 2 rings (SSSR count). The van der Waals surface area contributed by atoms with E-state index in [9.17, 15) is 9.59 Å². The summed E-state index contributed by atoms with van der Waals surface area (Å²) in [6, 6.07) is 13.2. The Kier molecular flexibility index (Phi) is 10.2. The summed E-state index contributed by atoms with van der Waals surface area (Å²) in [6.07, 6.45) is 0.846. The smallest absolute Gasteiger partial charge is 0.242 e. The molecule has 2 amide bonds. The van der Waals surface area contributed by atoms with Crippen molar-refractivity contribution in [2.45, 2.75) is 73.0 Å². The van der Waals surface area contributed by atoms with Crippen molar-refractivity contribution in [1.82, 2.24) is 10.2 Å². The fourth-order valence-corrected chi connectivity index (χ4v) is 3.60. The summed E-state index contributed by atoms with van der Waals surface area (Å²) in [5.41, 5.74) is 3.12. The van der Waals surface area contributed by atoms with Gasteiger partial charge in [-0.2, -0.15) is 0 Å². The number of carbonyl (C=O) groups is 2. The Morgan fingerprint density at radius 2 is 1.64 bits per heavy atom. The molecule has 0 fully saturated rings. The predicted octanol–water partition coefficient (Wildman–Crippen LogP) is 4.67. The molecule has 1 atom stereocenters. The van der Waals surface area contributed by atoms with E-state index in [-0.39, 0.29) is 17.9 Å². The molecule has 0 spiro atoms. The van der Waals surface area contributed by atoms with Gasteiger partial charge in [-0.25, -0.2) is 0 Å². The first-order valence-electron chi connectivity index (χ1n) is 11.8. The van der Waals surface area contributed by atoms with Crippen LogP contribution in [0.2, 0.25) is 0 Å². The number of amides is 2. The van der Waals surface area contributed by atoms with E-state index in [1.807, 2.05) is 77.1 Å². The van der Waals surface area contributed by atoms with Crippen molar-refractivity contribution in [2.24, 2.45) is 0 Å². The zero-order chi connectivity index (χ0) is 24.4. The van der Waals surface area contributed by atoms with Gasteiger partial charge in [0.2, 0.25) is 11.8 Å². The van der Waals surface area contributed by atoms with Crippen LogP contribution in [-0.2, 0) is 22.6 Å². The van der Waals surface area contributed by atoms with Gasteiger partial charge in [0.25, 0.3) is 0 Å². The highest BCUT2D eigenvalue weighted by molar-refractivity contribution is 5.87. The number of ether oxygens (including phenoxy) is 2. The number of aryl methyl sites for hydroxylation is 2. The molecule has 2 aromatic carbocycles. The van der Waals surface area contributed by atoms with Crippen molar-refractivity contribution in [3.63, 3.8) is 0 Å². The van der Waals surface area contributed by atoms with Crippen molar-refractivity contribution in [1.29, 1.82) is 0 Å². The minimum Gasteiger partial charge on any atom is -0.490 e. The number of carbonyl (C=O) groups excluding carboxylic acids is 2. The minimum absolute atomic E-state index is 0.0104. The van der Waals surface area contributed by atoms with E-state index in [4.69, 9.17) is 9.47 Å². The van der Waals surface area contributed by atoms with Gasteiger partial charge in [0.1, 0.15) is 6.04 Å². The van der Waals surface area contributed by atoms with E-state index in [1.54, 1.807) is 11.8 Å². The van der Waals surface area contributed by atoms with E-state index in [0.29, 0.717) is 44.1 Å². The minimum atomic E-state index is -0.571. The molecule has 6 heteroatoms. The largest absolute Gasteiger partial charge is 0.490 e. The van der Waals surface area contributed by atoms with Gasteiger partial charge in [0.05, 0.1) is 13.2 Å². The third-order valence-electron chi connectivity index (χ3n) is 5.44. The zero-order valence-electron chi connectivity index (χ0n) is 20.8. The number of rotatable bonds is 12. The normalized spacial score (nSPS) is 11.7. The van der Waals surface area contributed by atoms with Crippen LogP contribution in [0.4, 0.5) is 0 Å². The Morgan fingerprint density at radius 1 is 0.970 bits per heavy atom. The van der Waals surface area contributed by atoms with Crippen LogP contribution in [0.1, 0.15) is 57.7 Å². The molecule has 0 aliphatic heterocycles. The summed E-state index contributed by atoms with van der Waals surface area (Å²) in [5.74, 6) is 1.18. The molecule has 6 nitrogen and oxygen atoms in total. The molecular formula is C27H38N2O4. The van der Waals surface area contributed by atoms with Crippen molar-refractivity contribution in [3.8, 4) is 11.5 Å². The second-order valence-corrected chi connectivity index (χ2v) is 8.43. The Hall–Kier alpha value is -3.02. The topological polar surface area (TPSA) is 67.9 Å². The lowest BCUT2D eigenvalue weighted by Gasteiger charge is -2.30. The van der Waals surface area contributed by atoms with Crippen LogP contribution in [0, 0.1) is 6.92 Å². The quantitative estimate of drug-likeness (QED) is 0.506. The fraction of sp³-hybridized carbons (Fsp3) is 0.481. The Bertz CT molecular complexity index is 926. The standard InChI is InChI=1S/C27H38N2O4/c1-7-32-24-15-13-22(17-25(24)33-8-2)14-16-26(30)29(21(6)27(31)28-19(3)4)18-23-12-10-9-11-20(23)5/h9-13,15,17,19,21H,7-8,14,16,18H2,1-6H3,(H,28,31)/t21-/m1/s1. The first-order chi connectivity index (χ1) is 15.8. The molecule has 0 bridgehead atoms. The third-order valence-corrected chi connectivity index (χ3v) is 5.44. The average molecular weight is 455 g/mol. The molecule has 2 aromatic rings. The van der Waals surface area contributed by atoms with Gasteiger partial charge in [-0.15, -0.1) is 0 Å². The van der Waals surface area contributed by atoms with Crippen molar-refractivity contribution in [2.75, 3.05) is 13.2 Å². The van der Waals surface area contributed by atoms with Crippen LogP contribution in [-0.4, -0.2) is 42.0 Å². The van der Waals surface area contributed by atoms with Gasteiger partial charge >= 0.3 is 0 Å². The number of benzene rings is 2. The maximum absolute atomic E-state index is 13.3. The molecule has 0 aliphatic rings. The second-order valence-electron chi connectivity index (χ2n) is 8.43. The Labute approximate surface area is 198 Å². The molecule has 0 aliphatic carbocycles. The summed E-state index contributed by atoms with van der Waals surface area (Å²) < 4.78 is 11.3. The molecule has 180 valence electrons. The molecule has 0 heterocycles. The van der Waals surface area contributed by atoms with Gasteiger partial charge in [-0.1, -0.05) is 30.3 Å². The molecule has 1 N–H and O–H groups in total. The Morgan fingerprint density at radius 3 is 2.27 bits per heavy atom. The van der Waals surface area contributed by atoms with Gasteiger partial charge < -0.3 is 19.7 Å². The fourth-order valence-electron chi connectivity index (χ4n) is 3.60. The van der Waals surface area contributed by atoms with Crippen LogP contribution in [0.15, 0.2) is 42.5 Å². The molecule has 33 heavy (non-hydrogen) atoms. The van der Waals surface area contributed by atoms with Crippen LogP contribution in [0.3, 0.4) is 0 Å². The molecule has 0 saturated carbocycles. The molecular weight excluding hydrogens is 416 g/mol. The Balaban J connectivity index is 2.19. The number of hydrogen-bond acceptors (Lipinski definition) is 4. The second kappa shape index (κ2) is 12.9. The van der Waals surface area contributed by atoms with Crippen LogP contribution < -0.4 is 14.8 Å². The van der Waals surface area contributed by atoms with Crippen molar-refractivity contribution in [3.05, 3.63) is 59.2 Å². The van der Waals surface area contributed by atoms with E-state index in [2.05, 4.69) is 5.32 Å².